The Morgan fingerprint density at radius 3 is 3.07 bits per heavy atom. The van der Waals surface area contributed by atoms with Gasteiger partial charge in [0.2, 0.25) is 0 Å². The van der Waals surface area contributed by atoms with E-state index < -0.39 is 5.97 Å². The van der Waals surface area contributed by atoms with Crippen molar-refractivity contribution in [2.24, 2.45) is 0 Å². The van der Waals surface area contributed by atoms with Gasteiger partial charge in [0.25, 0.3) is 0 Å². The average Bonchev–Trinajstić information content (AvgIpc) is 2.56. The Balaban J connectivity index is 2.51. The highest BCUT2D eigenvalue weighted by Gasteiger charge is 2.22. The molecule has 0 amide bonds. The molecule has 0 saturated heterocycles. The third kappa shape index (κ3) is 1.44. The number of carboxylic acids is 1. The Bertz CT molecular complexity index is 370. The van der Waals surface area contributed by atoms with Crippen LogP contribution in [0.25, 0.3) is 0 Å². The molecule has 4 heteroatoms. The van der Waals surface area contributed by atoms with Crippen molar-refractivity contribution >= 4 is 17.3 Å². The van der Waals surface area contributed by atoms with Crippen LogP contribution in [0.4, 0.5) is 0 Å². The highest BCUT2D eigenvalue weighted by Crippen LogP contribution is 2.31. The van der Waals surface area contributed by atoms with E-state index in [0.29, 0.717) is 4.88 Å². The van der Waals surface area contributed by atoms with Crippen molar-refractivity contribution in [3.63, 3.8) is 0 Å². The topological polar surface area (TPSA) is 49.3 Å². The molecule has 2 rings (SSSR count). The predicted molar refractivity (Wildman–Crippen MR) is 56.1 cm³/mol. The minimum absolute atomic E-state index is 0.543. The second-order valence-corrected chi connectivity index (χ2v) is 4.50. The molecule has 14 heavy (non-hydrogen) atoms. The Hall–Kier alpha value is -0.870. The molecule has 0 aliphatic carbocycles. The average molecular weight is 211 g/mol. The Labute approximate surface area is 86.8 Å². The van der Waals surface area contributed by atoms with Crippen LogP contribution in [0, 0.1) is 0 Å². The molecule has 0 bridgehead atoms. The molecule has 0 unspecified atom stereocenters. The number of rotatable bonds is 2. The molecule has 2 N–H and O–H groups in total. The number of aromatic carboxylic acids is 1. The zero-order valence-electron chi connectivity index (χ0n) is 8.09. The summed E-state index contributed by atoms with van der Waals surface area (Å²) in [6.07, 6.45) is 1.80. The van der Waals surface area contributed by atoms with Crippen molar-refractivity contribution in [3.05, 3.63) is 20.9 Å². The SMILES string of the molecule is CCc1c(C(=O)O)sc2c1CCNC2. The number of carbonyl (C=O) groups is 1. The summed E-state index contributed by atoms with van der Waals surface area (Å²) in [5, 5.41) is 12.3. The molecule has 0 radical (unpaired) electrons. The van der Waals surface area contributed by atoms with Crippen LogP contribution in [0.1, 0.15) is 32.6 Å². The summed E-state index contributed by atoms with van der Waals surface area (Å²) in [6.45, 7) is 3.83. The first kappa shape index (κ1) is 9.68. The van der Waals surface area contributed by atoms with Gasteiger partial charge in [-0.15, -0.1) is 11.3 Å². The van der Waals surface area contributed by atoms with Gasteiger partial charge in [0.05, 0.1) is 0 Å². The fourth-order valence-electron chi connectivity index (χ4n) is 1.95. The smallest absolute Gasteiger partial charge is 0.346 e. The molecule has 1 aromatic heterocycles. The van der Waals surface area contributed by atoms with E-state index in [2.05, 4.69) is 5.32 Å². The molecule has 0 spiro atoms. The van der Waals surface area contributed by atoms with Gasteiger partial charge in [0.15, 0.2) is 0 Å². The van der Waals surface area contributed by atoms with Crippen molar-refractivity contribution in [1.82, 2.24) is 5.32 Å². The molecular weight excluding hydrogens is 198 g/mol. The standard InChI is InChI=1S/C10H13NO2S/c1-2-6-7-3-4-11-5-8(7)14-9(6)10(12)13/h11H,2-5H2,1H3,(H,12,13). The van der Waals surface area contributed by atoms with Gasteiger partial charge in [-0.2, -0.15) is 0 Å². The Morgan fingerprint density at radius 1 is 1.64 bits per heavy atom. The zero-order valence-corrected chi connectivity index (χ0v) is 8.91. The van der Waals surface area contributed by atoms with Crippen LogP contribution in [0.3, 0.4) is 0 Å². The minimum Gasteiger partial charge on any atom is -0.477 e. The third-order valence-electron chi connectivity index (χ3n) is 2.59. The van der Waals surface area contributed by atoms with E-state index in [1.807, 2.05) is 6.92 Å². The Morgan fingerprint density at radius 2 is 2.43 bits per heavy atom. The van der Waals surface area contributed by atoms with Crippen LogP contribution < -0.4 is 5.32 Å². The molecule has 76 valence electrons. The van der Waals surface area contributed by atoms with Crippen molar-refractivity contribution in [1.29, 1.82) is 0 Å². The molecule has 1 aliphatic rings. The summed E-state index contributed by atoms with van der Waals surface area (Å²) in [6, 6.07) is 0. The van der Waals surface area contributed by atoms with E-state index in [1.165, 1.54) is 21.8 Å². The summed E-state index contributed by atoms with van der Waals surface area (Å²) in [4.78, 5) is 12.7. The van der Waals surface area contributed by atoms with E-state index in [9.17, 15) is 4.79 Å². The van der Waals surface area contributed by atoms with Crippen LogP contribution in [0.2, 0.25) is 0 Å². The van der Waals surface area contributed by atoms with Gasteiger partial charge in [0.1, 0.15) is 4.88 Å². The van der Waals surface area contributed by atoms with Crippen LogP contribution in [-0.2, 0) is 19.4 Å². The molecule has 0 atom stereocenters. The molecule has 2 heterocycles. The molecule has 0 fully saturated rings. The lowest BCUT2D eigenvalue weighted by molar-refractivity contribution is 0.0701. The second-order valence-electron chi connectivity index (χ2n) is 3.40. The minimum atomic E-state index is -0.777. The van der Waals surface area contributed by atoms with E-state index in [4.69, 9.17) is 5.11 Å². The summed E-state index contributed by atoms with van der Waals surface area (Å²) in [5.41, 5.74) is 2.34. The van der Waals surface area contributed by atoms with E-state index in [-0.39, 0.29) is 0 Å². The predicted octanol–water partition coefficient (Wildman–Crippen LogP) is 1.65. The molecule has 0 aromatic carbocycles. The summed E-state index contributed by atoms with van der Waals surface area (Å²) in [7, 11) is 0. The highest BCUT2D eigenvalue weighted by molar-refractivity contribution is 7.14. The summed E-state index contributed by atoms with van der Waals surface area (Å²) < 4.78 is 0. The van der Waals surface area contributed by atoms with Crippen molar-refractivity contribution in [2.45, 2.75) is 26.3 Å². The monoisotopic (exact) mass is 211 g/mol. The summed E-state index contributed by atoms with van der Waals surface area (Å²) in [5.74, 6) is -0.777. The third-order valence-corrected chi connectivity index (χ3v) is 3.85. The maximum absolute atomic E-state index is 11.0. The van der Waals surface area contributed by atoms with Crippen LogP contribution in [0.5, 0.6) is 0 Å². The van der Waals surface area contributed by atoms with Crippen molar-refractivity contribution < 1.29 is 9.90 Å². The first-order chi connectivity index (χ1) is 6.74. The first-order valence-electron chi connectivity index (χ1n) is 4.81. The summed E-state index contributed by atoms with van der Waals surface area (Å²) >= 11 is 1.43. The van der Waals surface area contributed by atoms with Gasteiger partial charge in [-0.25, -0.2) is 4.79 Å². The lowest BCUT2D eigenvalue weighted by atomic mass is 10.0. The number of fused-ring (bicyclic) bond motifs is 1. The van der Waals surface area contributed by atoms with Crippen LogP contribution in [-0.4, -0.2) is 17.6 Å². The van der Waals surface area contributed by atoms with Gasteiger partial charge >= 0.3 is 5.97 Å². The fourth-order valence-corrected chi connectivity index (χ4v) is 3.19. The number of hydrogen-bond acceptors (Lipinski definition) is 3. The van der Waals surface area contributed by atoms with E-state index >= 15 is 0 Å². The van der Waals surface area contributed by atoms with Crippen molar-refractivity contribution in [2.75, 3.05) is 6.54 Å². The van der Waals surface area contributed by atoms with Gasteiger partial charge < -0.3 is 10.4 Å². The van der Waals surface area contributed by atoms with E-state index in [1.54, 1.807) is 0 Å². The number of carboxylic acid groups (broad SMARTS) is 1. The zero-order chi connectivity index (χ0) is 10.1. The lowest BCUT2D eigenvalue weighted by Crippen LogP contribution is -2.22. The van der Waals surface area contributed by atoms with Crippen molar-refractivity contribution in [3.8, 4) is 0 Å². The second kappa shape index (κ2) is 3.71. The molecule has 0 saturated carbocycles. The number of hydrogen-bond donors (Lipinski definition) is 2. The van der Waals surface area contributed by atoms with Crippen LogP contribution >= 0.6 is 11.3 Å². The van der Waals surface area contributed by atoms with Gasteiger partial charge in [0, 0.05) is 11.4 Å². The van der Waals surface area contributed by atoms with Gasteiger partial charge in [-0.1, -0.05) is 6.92 Å². The molecular formula is C10H13NO2S. The number of thiophene rings is 1. The quantitative estimate of drug-likeness (QED) is 0.782. The molecule has 1 aliphatic heterocycles. The fraction of sp³-hybridized carbons (Fsp3) is 0.500. The Kier molecular flexibility index (Phi) is 2.56. The largest absolute Gasteiger partial charge is 0.477 e. The maximum atomic E-state index is 11.0. The van der Waals surface area contributed by atoms with E-state index in [0.717, 1.165) is 31.5 Å². The maximum Gasteiger partial charge on any atom is 0.346 e. The number of nitrogens with one attached hydrogen (secondary N) is 1. The van der Waals surface area contributed by atoms with Gasteiger partial charge in [-0.3, -0.25) is 0 Å². The normalized spacial score (nSPS) is 15.2. The molecule has 3 nitrogen and oxygen atoms in total. The van der Waals surface area contributed by atoms with Gasteiger partial charge in [-0.05, 0) is 30.5 Å². The lowest BCUT2D eigenvalue weighted by Gasteiger charge is -2.13. The first-order valence-corrected chi connectivity index (χ1v) is 5.63. The highest BCUT2D eigenvalue weighted by atomic mass is 32.1. The molecule has 1 aromatic rings. The van der Waals surface area contributed by atoms with Crippen LogP contribution in [0.15, 0.2) is 0 Å².